The van der Waals surface area contributed by atoms with Gasteiger partial charge in [0, 0.05) is 15.7 Å². The number of nitrogens with one attached hydrogen (secondary N) is 1. The van der Waals surface area contributed by atoms with Crippen molar-refractivity contribution >= 4 is 50.5 Å². The smallest absolute Gasteiger partial charge is 0.264 e. The fourth-order valence-corrected chi connectivity index (χ4v) is 4.59. The summed E-state index contributed by atoms with van der Waals surface area (Å²) in [6, 6.07) is 17.8. The maximum atomic E-state index is 13.3. The van der Waals surface area contributed by atoms with Crippen molar-refractivity contribution in [1.29, 1.82) is 0 Å². The molecule has 0 aliphatic carbocycles. The molecule has 3 aromatic rings. The molecule has 5 nitrogen and oxygen atoms in total. The van der Waals surface area contributed by atoms with Crippen LogP contribution in [-0.4, -0.2) is 20.9 Å². The van der Waals surface area contributed by atoms with Crippen molar-refractivity contribution in [3.8, 4) is 0 Å². The van der Waals surface area contributed by atoms with Crippen LogP contribution in [0.3, 0.4) is 0 Å². The van der Waals surface area contributed by atoms with Gasteiger partial charge in [0.25, 0.3) is 10.0 Å². The largest absolute Gasteiger partial charge is 0.324 e. The van der Waals surface area contributed by atoms with Gasteiger partial charge in [0.15, 0.2) is 0 Å². The SMILES string of the molecule is Cc1ccc(C)c(NC(=O)CN(c2cccc(Cl)c2)S(=O)(=O)c2ccc(Cl)cc2)c1. The topological polar surface area (TPSA) is 66.5 Å². The molecule has 0 unspecified atom stereocenters. The van der Waals surface area contributed by atoms with Gasteiger partial charge in [-0.1, -0.05) is 41.4 Å². The summed E-state index contributed by atoms with van der Waals surface area (Å²) in [6.45, 7) is 3.37. The van der Waals surface area contributed by atoms with Crippen LogP contribution in [0, 0.1) is 13.8 Å². The Balaban J connectivity index is 1.96. The summed E-state index contributed by atoms with van der Waals surface area (Å²) >= 11 is 12.0. The minimum atomic E-state index is -4.04. The van der Waals surface area contributed by atoms with Crippen molar-refractivity contribution in [2.45, 2.75) is 18.7 Å². The number of rotatable bonds is 6. The zero-order chi connectivity index (χ0) is 21.9. The van der Waals surface area contributed by atoms with Gasteiger partial charge in [-0.25, -0.2) is 8.42 Å². The lowest BCUT2D eigenvalue weighted by Gasteiger charge is -2.24. The summed E-state index contributed by atoms with van der Waals surface area (Å²) in [5, 5.41) is 3.57. The fraction of sp³-hybridized carbons (Fsp3) is 0.136. The number of hydrogen-bond donors (Lipinski definition) is 1. The molecule has 1 amide bonds. The van der Waals surface area contributed by atoms with Crippen LogP contribution >= 0.6 is 23.2 Å². The second-order valence-corrected chi connectivity index (χ2v) is 9.55. The van der Waals surface area contributed by atoms with Gasteiger partial charge in [-0.3, -0.25) is 9.10 Å². The molecule has 0 heterocycles. The Bertz CT molecular complexity index is 1180. The minimum Gasteiger partial charge on any atom is -0.324 e. The third-order valence-electron chi connectivity index (χ3n) is 4.45. The Morgan fingerprint density at radius 3 is 2.30 bits per heavy atom. The Kier molecular flexibility index (Phi) is 6.71. The van der Waals surface area contributed by atoms with Crippen molar-refractivity contribution in [2.24, 2.45) is 0 Å². The molecule has 0 saturated heterocycles. The van der Waals surface area contributed by atoms with Gasteiger partial charge < -0.3 is 5.32 Å². The molecule has 0 atom stereocenters. The first-order valence-corrected chi connectivity index (χ1v) is 11.3. The van der Waals surface area contributed by atoms with Crippen molar-refractivity contribution in [1.82, 2.24) is 0 Å². The number of sulfonamides is 1. The highest BCUT2D eigenvalue weighted by atomic mass is 35.5. The second kappa shape index (κ2) is 9.08. The van der Waals surface area contributed by atoms with Crippen LogP contribution in [0.15, 0.2) is 71.6 Å². The van der Waals surface area contributed by atoms with Crippen molar-refractivity contribution in [3.63, 3.8) is 0 Å². The molecular formula is C22H20Cl2N2O3S. The first-order chi connectivity index (χ1) is 14.2. The number of anilines is 2. The summed E-state index contributed by atoms with van der Waals surface area (Å²) in [5.74, 6) is -0.471. The molecule has 0 aliphatic heterocycles. The van der Waals surface area contributed by atoms with Crippen molar-refractivity contribution in [2.75, 3.05) is 16.2 Å². The van der Waals surface area contributed by atoms with Gasteiger partial charge in [-0.15, -0.1) is 0 Å². The van der Waals surface area contributed by atoms with Gasteiger partial charge in [-0.05, 0) is 73.5 Å². The monoisotopic (exact) mass is 462 g/mol. The van der Waals surface area contributed by atoms with E-state index in [0.29, 0.717) is 15.7 Å². The maximum Gasteiger partial charge on any atom is 0.264 e. The lowest BCUT2D eigenvalue weighted by molar-refractivity contribution is -0.114. The van der Waals surface area contributed by atoms with Gasteiger partial charge in [0.1, 0.15) is 6.54 Å². The summed E-state index contributed by atoms with van der Waals surface area (Å²) in [5.41, 5.74) is 2.78. The highest BCUT2D eigenvalue weighted by Crippen LogP contribution is 2.27. The van der Waals surface area contributed by atoms with E-state index in [4.69, 9.17) is 23.2 Å². The van der Waals surface area contributed by atoms with Crippen LogP contribution in [0.5, 0.6) is 0 Å². The normalized spacial score (nSPS) is 11.2. The molecule has 0 spiro atoms. The van der Waals surface area contributed by atoms with E-state index < -0.39 is 22.5 Å². The minimum absolute atomic E-state index is 0.0198. The van der Waals surface area contributed by atoms with Crippen molar-refractivity contribution < 1.29 is 13.2 Å². The van der Waals surface area contributed by atoms with E-state index in [-0.39, 0.29) is 10.6 Å². The van der Waals surface area contributed by atoms with Gasteiger partial charge in [0.05, 0.1) is 10.6 Å². The zero-order valence-electron chi connectivity index (χ0n) is 16.4. The third kappa shape index (κ3) is 5.14. The van der Waals surface area contributed by atoms with Gasteiger partial charge in [-0.2, -0.15) is 0 Å². The summed E-state index contributed by atoms with van der Waals surface area (Å²) in [6.07, 6.45) is 0. The Morgan fingerprint density at radius 2 is 1.63 bits per heavy atom. The Morgan fingerprint density at radius 1 is 0.933 bits per heavy atom. The third-order valence-corrected chi connectivity index (χ3v) is 6.73. The molecule has 0 aromatic heterocycles. The first kappa shape index (κ1) is 22.2. The molecule has 0 fully saturated rings. The first-order valence-electron chi connectivity index (χ1n) is 9.08. The maximum absolute atomic E-state index is 13.3. The average molecular weight is 463 g/mol. The summed E-state index contributed by atoms with van der Waals surface area (Å²) < 4.78 is 27.7. The fourth-order valence-electron chi connectivity index (χ4n) is 2.87. The molecule has 0 radical (unpaired) electrons. The molecule has 30 heavy (non-hydrogen) atoms. The van der Waals surface area contributed by atoms with E-state index in [1.54, 1.807) is 18.2 Å². The van der Waals surface area contributed by atoms with Gasteiger partial charge in [0.2, 0.25) is 5.91 Å². The van der Waals surface area contributed by atoms with Crippen LogP contribution in [0.4, 0.5) is 11.4 Å². The predicted octanol–water partition coefficient (Wildman–Crippen LogP) is 5.44. The zero-order valence-corrected chi connectivity index (χ0v) is 18.7. The van der Waals surface area contributed by atoms with Crippen LogP contribution < -0.4 is 9.62 Å². The standard InChI is InChI=1S/C22H20Cl2N2O3S/c1-15-6-7-16(2)21(12-15)25-22(27)14-26(19-5-3-4-18(24)13-19)30(28,29)20-10-8-17(23)9-11-20/h3-13H,14H2,1-2H3,(H,25,27). The molecule has 3 aromatic carbocycles. The summed E-state index contributed by atoms with van der Waals surface area (Å²) in [7, 11) is -4.04. The van der Waals surface area contributed by atoms with E-state index in [2.05, 4.69) is 5.32 Å². The predicted molar refractivity (Wildman–Crippen MR) is 122 cm³/mol. The van der Waals surface area contributed by atoms with Crippen LogP contribution in [0.1, 0.15) is 11.1 Å². The number of nitrogens with zero attached hydrogens (tertiary/aromatic N) is 1. The van der Waals surface area contributed by atoms with E-state index >= 15 is 0 Å². The second-order valence-electron chi connectivity index (χ2n) is 6.81. The quantitative estimate of drug-likeness (QED) is 0.529. The molecule has 1 N–H and O–H groups in total. The van der Waals surface area contributed by atoms with E-state index in [1.807, 2.05) is 32.0 Å². The number of amides is 1. The van der Waals surface area contributed by atoms with Gasteiger partial charge >= 0.3 is 0 Å². The molecule has 0 saturated carbocycles. The lowest BCUT2D eigenvalue weighted by atomic mass is 10.1. The summed E-state index contributed by atoms with van der Waals surface area (Å²) in [4.78, 5) is 12.8. The highest BCUT2D eigenvalue weighted by molar-refractivity contribution is 7.92. The lowest BCUT2D eigenvalue weighted by Crippen LogP contribution is -2.38. The van der Waals surface area contributed by atoms with Crippen molar-refractivity contribution in [3.05, 3.63) is 87.9 Å². The van der Waals surface area contributed by atoms with E-state index in [9.17, 15) is 13.2 Å². The number of carbonyl (C=O) groups is 1. The molecule has 156 valence electrons. The molecule has 0 bridgehead atoms. The molecular weight excluding hydrogens is 443 g/mol. The number of carbonyl (C=O) groups excluding carboxylic acids is 1. The Labute approximate surface area is 186 Å². The molecule has 3 rings (SSSR count). The van der Waals surface area contributed by atoms with E-state index in [1.165, 1.54) is 30.3 Å². The van der Waals surface area contributed by atoms with Crippen LogP contribution in [0.2, 0.25) is 10.0 Å². The van der Waals surface area contributed by atoms with E-state index in [0.717, 1.165) is 15.4 Å². The van der Waals surface area contributed by atoms with Crippen LogP contribution in [-0.2, 0) is 14.8 Å². The number of halogens is 2. The molecule has 8 heteroatoms. The molecule has 0 aliphatic rings. The number of hydrogen-bond acceptors (Lipinski definition) is 3. The van der Waals surface area contributed by atoms with Crippen LogP contribution in [0.25, 0.3) is 0 Å². The number of aryl methyl sites for hydroxylation is 2. The highest BCUT2D eigenvalue weighted by Gasteiger charge is 2.27. The Hall–Kier alpha value is -2.54. The number of benzene rings is 3. The average Bonchev–Trinajstić information content (AvgIpc) is 2.69.